The molecule has 0 aromatic heterocycles. The zero-order valence-electron chi connectivity index (χ0n) is 10.3. The first-order chi connectivity index (χ1) is 6.74. The van der Waals surface area contributed by atoms with Crippen LogP contribution in [-0.2, 0) is 0 Å². The van der Waals surface area contributed by atoms with Crippen molar-refractivity contribution in [1.29, 1.82) is 0 Å². The molecule has 0 amide bonds. The quantitative estimate of drug-likeness (QED) is 0.664. The standard InChI is InChI=1S/C13H27N/c1-4-5-7-13-8-6-10-14(11-9-13)12(2)3/h12-13H,4-11H2,1-3H3. The highest BCUT2D eigenvalue weighted by molar-refractivity contribution is 4.72. The highest BCUT2D eigenvalue weighted by Crippen LogP contribution is 2.23. The van der Waals surface area contributed by atoms with Gasteiger partial charge in [0.25, 0.3) is 0 Å². The van der Waals surface area contributed by atoms with E-state index in [9.17, 15) is 0 Å². The van der Waals surface area contributed by atoms with Crippen molar-refractivity contribution in [2.45, 2.75) is 65.3 Å². The lowest BCUT2D eigenvalue weighted by molar-refractivity contribution is 0.227. The van der Waals surface area contributed by atoms with Crippen LogP contribution in [0.1, 0.15) is 59.3 Å². The molecule has 1 rings (SSSR count). The third kappa shape index (κ3) is 4.00. The van der Waals surface area contributed by atoms with Gasteiger partial charge in [0, 0.05) is 6.04 Å². The molecule has 0 aromatic rings. The summed E-state index contributed by atoms with van der Waals surface area (Å²) in [5.41, 5.74) is 0. The van der Waals surface area contributed by atoms with Gasteiger partial charge in [-0.3, -0.25) is 0 Å². The summed E-state index contributed by atoms with van der Waals surface area (Å²) in [5.74, 6) is 1.03. The molecule has 0 radical (unpaired) electrons. The van der Waals surface area contributed by atoms with Crippen LogP contribution in [0.3, 0.4) is 0 Å². The van der Waals surface area contributed by atoms with Gasteiger partial charge in [-0.05, 0) is 52.1 Å². The van der Waals surface area contributed by atoms with E-state index in [0.717, 1.165) is 12.0 Å². The Morgan fingerprint density at radius 3 is 2.64 bits per heavy atom. The van der Waals surface area contributed by atoms with Gasteiger partial charge in [-0.2, -0.15) is 0 Å². The number of hydrogen-bond acceptors (Lipinski definition) is 1. The maximum Gasteiger partial charge on any atom is 0.00385 e. The number of unbranched alkanes of at least 4 members (excludes halogenated alkanes) is 1. The molecule has 0 aromatic carbocycles. The molecule has 84 valence electrons. The maximum absolute atomic E-state index is 2.64. The Labute approximate surface area is 89.9 Å². The summed E-state index contributed by atoms with van der Waals surface area (Å²) < 4.78 is 0. The Bertz CT molecular complexity index is 142. The monoisotopic (exact) mass is 197 g/mol. The van der Waals surface area contributed by atoms with Crippen molar-refractivity contribution in [3.05, 3.63) is 0 Å². The molecule has 1 aliphatic heterocycles. The third-order valence-electron chi connectivity index (χ3n) is 3.58. The second kappa shape index (κ2) is 6.44. The molecule has 1 fully saturated rings. The second-order valence-corrected chi connectivity index (χ2v) is 5.07. The van der Waals surface area contributed by atoms with Crippen LogP contribution in [0.5, 0.6) is 0 Å². The van der Waals surface area contributed by atoms with E-state index in [4.69, 9.17) is 0 Å². The summed E-state index contributed by atoms with van der Waals surface area (Å²) in [4.78, 5) is 2.64. The zero-order valence-corrected chi connectivity index (χ0v) is 10.3. The zero-order chi connectivity index (χ0) is 10.4. The fraction of sp³-hybridized carbons (Fsp3) is 1.00. The summed E-state index contributed by atoms with van der Waals surface area (Å²) in [5, 5.41) is 0. The summed E-state index contributed by atoms with van der Waals surface area (Å²) in [7, 11) is 0. The topological polar surface area (TPSA) is 3.24 Å². The molecule has 1 heteroatoms. The van der Waals surface area contributed by atoms with E-state index in [-0.39, 0.29) is 0 Å². The van der Waals surface area contributed by atoms with Crippen molar-refractivity contribution in [3.8, 4) is 0 Å². The van der Waals surface area contributed by atoms with Gasteiger partial charge in [0.15, 0.2) is 0 Å². The third-order valence-corrected chi connectivity index (χ3v) is 3.58. The lowest BCUT2D eigenvalue weighted by Crippen LogP contribution is -2.31. The highest BCUT2D eigenvalue weighted by atomic mass is 15.1. The molecule has 1 nitrogen and oxygen atoms in total. The van der Waals surface area contributed by atoms with Crippen LogP contribution in [0, 0.1) is 5.92 Å². The van der Waals surface area contributed by atoms with Gasteiger partial charge >= 0.3 is 0 Å². The lowest BCUT2D eigenvalue weighted by atomic mass is 9.95. The van der Waals surface area contributed by atoms with Crippen LogP contribution in [0.4, 0.5) is 0 Å². The van der Waals surface area contributed by atoms with Gasteiger partial charge in [-0.1, -0.05) is 26.2 Å². The molecule has 0 N–H and O–H groups in total. The Kier molecular flexibility index (Phi) is 5.54. The van der Waals surface area contributed by atoms with E-state index in [1.54, 1.807) is 0 Å². The van der Waals surface area contributed by atoms with E-state index < -0.39 is 0 Å². The molecule has 0 spiro atoms. The van der Waals surface area contributed by atoms with Gasteiger partial charge in [-0.25, -0.2) is 0 Å². The Balaban J connectivity index is 2.26. The first-order valence-electron chi connectivity index (χ1n) is 6.48. The van der Waals surface area contributed by atoms with Gasteiger partial charge in [0.05, 0.1) is 0 Å². The fourth-order valence-corrected chi connectivity index (χ4v) is 2.49. The van der Waals surface area contributed by atoms with Gasteiger partial charge in [-0.15, -0.1) is 0 Å². The summed E-state index contributed by atoms with van der Waals surface area (Å²) >= 11 is 0. The van der Waals surface area contributed by atoms with Crippen molar-refractivity contribution >= 4 is 0 Å². The molecule has 1 heterocycles. The molecule has 0 bridgehead atoms. The molecule has 14 heavy (non-hydrogen) atoms. The van der Waals surface area contributed by atoms with Crippen LogP contribution in [0.25, 0.3) is 0 Å². The minimum atomic E-state index is 0.750. The molecule has 0 saturated carbocycles. The first kappa shape index (κ1) is 12.0. The van der Waals surface area contributed by atoms with E-state index in [1.807, 2.05) is 0 Å². The molecular formula is C13H27N. The van der Waals surface area contributed by atoms with Crippen LogP contribution in [0.15, 0.2) is 0 Å². The minimum absolute atomic E-state index is 0.750. The van der Waals surface area contributed by atoms with Gasteiger partial charge < -0.3 is 4.90 Å². The number of rotatable bonds is 4. The summed E-state index contributed by atoms with van der Waals surface area (Å²) in [6.07, 6.45) is 8.62. The van der Waals surface area contributed by atoms with E-state index in [0.29, 0.717) is 0 Å². The molecule has 1 atom stereocenters. The Hall–Kier alpha value is -0.0400. The van der Waals surface area contributed by atoms with Crippen molar-refractivity contribution < 1.29 is 0 Å². The van der Waals surface area contributed by atoms with E-state index in [2.05, 4.69) is 25.7 Å². The van der Waals surface area contributed by atoms with Crippen molar-refractivity contribution in [3.63, 3.8) is 0 Å². The average Bonchev–Trinajstić information content (AvgIpc) is 2.39. The fourth-order valence-electron chi connectivity index (χ4n) is 2.49. The van der Waals surface area contributed by atoms with Gasteiger partial charge in [0.1, 0.15) is 0 Å². The lowest BCUT2D eigenvalue weighted by Gasteiger charge is -2.24. The average molecular weight is 197 g/mol. The first-order valence-corrected chi connectivity index (χ1v) is 6.48. The van der Waals surface area contributed by atoms with E-state index >= 15 is 0 Å². The largest absolute Gasteiger partial charge is 0.301 e. The predicted octanol–water partition coefficient (Wildman–Crippen LogP) is 3.69. The highest BCUT2D eigenvalue weighted by Gasteiger charge is 2.17. The Morgan fingerprint density at radius 1 is 1.21 bits per heavy atom. The van der Waals surface area contributed by atoms with Crippen LogP contribution in [-0.4, -0.2) is 24.0 Å². The molecule has 0 aliphatic carbocycles. The van der Waals surface area contributed by atoms with Crippen molar-refractivity contribution in [1.82, 2.24) is 4.90 Å². The predicted molar refractivity (Wildman–Crippen MR) is 63.6 cm³/mol. The molecule has 1 aliphatic rings. The van der Waals surface area contributed by atoms with Crippen molar-refractivity contribution in [2.24, 2.45) is 5.92 Å². The second-order valence-electron chi connectivity index (χ2n) is 5.07. The number of nitrogens with zero attached hydrogens (tertiary/aromatic N) is 1. The van der Waals surface area contributed by atoms with Crippen LogP contribution >= 0.6 is 0 Å². The molecule has 1 saturated heterocycles. The number of hydrogen-bond donors (Lipinski definition) is 0. The maximum atomic E-state index is 2.64. The SMILES string of the molecule is CCCCC1CCCN(C(C)C)CC1. The Morgan fingerprint density at radius 2 is 2.00 bits per heavy atom. The normalized spacial score (nSPS) is 25.3. The summed E-state index contributed by atoms with van der Waals surface area (Å²) in [6, 6.07) is 0.750. The summed E-state index contributed by atoms with van der Waals surface area (Å²) in [6.45, 7) is 9.63. The molecular weight excluding hydrogens is 170 g/mol. The smallest absolute Gasteiger partial charge is 0.00385 e. The van der Waals surface area contributed by atoms with Gasteiger partial charge in [0.2, 0.25) is 0 Å². The van der Waals surface area contributed by atoms with E-state index in [1.165, 1.54) is 51.6 Å². The van der Waals surface area contributed by atoms with Crippen LogP contribution < -0.4 is 0 Å². The van der Waals surface area contributed by atoms with Crippen molar-refractivity contribution in [2.75, 3.05) is 13.1 Å². The minimum Gasteiger partial charge on any atom is -0.301 e. The number of likely N-dealkylation sites (tertiary alicyclic amines) is 1. The molecule has 1 unspecified atom stereocenters. The van der Waals surface area contributed by atoms with Crippen LogP contribution in [0.2, 0.25) is 0 Å².